The molecule has 0 radical (unpaired) electrons. The fourth-order valence-corrected chi connectivity index (χ4v) is 1.69. The topological polar surface area (TPSA) is 49.3 Å². The lowest BCUT2D eigenvalue weighted by molar-refractivity contribution is -0.120. The van der Waals surface area contributed by atoms with Crippen LogP contribution >= 0.6 is 0 Å². The number of benzene rings is 1. The molecule has 1 amide bonds. The highest BCUT2D eigenvalue weighted by atomic mass is 19.2. The maximum atomic E-state index is 13.3. The number of carbonyl (C=O) groups is 1. The van der Waals surface area contributed by atoms with E-state index in [2.05, 4.69) is 5.32 Å². The molecular weight excluding hydrogens is 252 g/mol. The van der Waals surface area contributed by atoms with E-state index >= 15 is 0 Å². The molecule has 0 bridgehead atoms. The smallest absolute Gasteiger partial charge is 0.224 e. The summed E-state index contributed by atoms with van der Waals surface area (Å²) in [5.74, 6) is -2.03. The molecule has 3 nitrogen and oxygen atoms in total. The van der Waals surface area contributed by atoms with Crippen molar-refractivity contribution < 1.29 is 18.7 Å². The van der Waals surface area contributed by atoms with Gasteiger partial charge in [-0.1, -0.05) is 19.1 Å². The molecule has 1 aromatic carbocycles. The van der Waals surface area contributed by atoms with Crippen LogP contribution in [0.3, 0.4) is 0 Å². The van der Waals surface area contributed by atoms with Gasteiger partial charge in [0.15, 0.2) is 11.6 Å². The van der Waals surface area contributed by atoms with E-state index in [4.69, 9.17) is 5.11 Å². The van der Waals surface area contributed by atoms with Crippen molar-refractivity contribution >= 4 is 5.91 Å². The van der Waals surface area contributed by atoms with E-state index in [0.717, 1.165) is 18.9 Å². The zero-order chi connectivity index (χ0) is 14.3. The zero-order valence-corrected chi connectivity index (χ0v) is 11.0. The standard InChI is InChI=1S/C14H19F2NO2/c1-10(9-18)4-3-7-17-13(19)8-11-5-2-6-12(15)14(11)16/h2,5-6,10,18H,3-4,7-9H2,1H3,(H,17,19). The largest absolute Gasteiger partial charge is 0.396 e. The van der Waals surface area contributed by atoms with Crippen LogP contribution in [0, 0.1) is 17.6 Å². The number of carbonyl (C=O) groups excluding carboxylic acids is 1. The van der Waals surface area contributed by atoms with Gasteiger partial charge in [-0.3, -0.25) is 4.79 Å². The fraction of sp³-hybridized carbons (Fsp3) is 0.500. The fourth-order valence-electron chi connectivity index (χ4n) is 1.69. The predicted molar refractivity (Wildman–Crippen MR) is 68.6 cm³/mol. The van der Waals surface area contributed by atoms with Gasteiger partial charge >= 0.3 is 0 Å². The van der Waals surface area contributed by atoms with Gasteiger partial charge in [0, 0.05) is 18.7 Å². The molecule has 106 valence electrons. The maximum absolute atomic E-state index is 13.3. The van der Waals surface area contributed by atoms with Crippen molar-refractivity contribution in [3.8, 4) is 0 Å². The number of amides is 1. The SMILES string of the molecule is CC(CO)CCCNC(=O)Cc1cccc(F)c1F. The lowest BCUT2D eigenvalue weighted by atomic mass is 10.1. The van der Waals surface area contributed by atoms with Crippen molar-refractivity contribution in [2.45, 2.75) is 26.2 Å². The van der Waals surface area contributed by atoms with Crippen LogP contribution in [0.2, 0.25) is 0 Å². The molecule has 0 saturated carbocycles. The molecule has 1 atom stereocenters. The Labute approximate surface area is 111 Å². The molecule has 0 aromatic heterocycles. The first-order chi connectivity index (χ1) is 9.04. The number of hydrogen-bond acceptors (Lipinski definition) is 2. The van der Waals surface area contributed by atoms with Crippen molar-refractivity contribution in [1.82, 2.24) is 5.32 Å². The number of nitrogens with one attached hydrogen (secondary N) is 1. The number of hydrogen-bond donors (Lipinski definition) is 2. The van der Waals surface area contributed by atoms with Crippen molar-refractivity contribution in [2.75, 3.05) is 13.2 Å². The van der Waals surface area contributed by atoms with Gasteiger partial charge in [-0.05, 0) is 24.8 Å². The molecule has 0 aliphatic heterocycles. The third-order valence-corrected chi connectivity index (χ3v) is 2.89. The van der Waals surface area contributed by atoms with Crippen molar-refractivity contribution in [3.63, 3.8) is 0 Å². The number of aliphatic hydroxyl groups is 1. The molecule has 0 aliphatic carbocycles. The number of halogens is 2. The average Bonchev–Trinajstić information content (AvgIpc) is 2.39. The van der Waals surface area contributed by atoms with E-state index in [1.807, 2.05) is 6.92 Å². The third kappa shape index (κ3) is 5.34. The van der Waals surface area contributed by atoms with Crippen LogP contribution in [-0.4, -0.2) is 24.2 Å². The van der Waals surface area contributed by atoms with Gasteiger partial charge in [-0.2, -0.15) is 0 Å². The van der Waals surface area contributed by atoms with Gasteiger partial charge < -0.3 is 10.4 Å². The van der Waals surface area contributed by atoms with Crippen LogP contribution in [0.5, 0.6) is 0 Å². The summed E-state index contributed by atoms with van der Waals surface area (Å²) < 4.78 is 26.3. The molecule has 0 saturated heterocycles. The van der Waals surface area contributed by atoms with Crippen LogP contribution in [0.25, 0.3) is 0 Å². The number of rotatable bonds is 7. The minimum Gasteiger partial charge on any atom is -0.396 e. The Morgan fingerprint density at radius 3 is 2.84 bits per heavy atom. The predicted octanol–water partition coefficient (Wildman–Crippen LogP) is 2.03. The summed E-state index contributed by atoms with van der Waals surface area (Å²) in [4.78, 5) is 11.5. The van der Waals surface area contributed by atoms with Crippen molar-refractivity contribution in [2.24, 2.45) is 5.92 Å². The van der Waals surface area contributed by atoms with Gasteiger partial charge in [0.25, 0.3) is 0 Å². The van der Waals surface area contributed by atoms with E-state index in [0.29, 0.717) is 6.54 Å². The van der Waals surface area contributed by atoms with E-state index in [-0.39, 0.29) is 30.4 Å². The molecule has 1 aromatic rings. The molecule has 1 rings (SSSR count). The highest BCUT2D eigenvalue weighted by Gasteiger charge is 2.11. The van der Waals surface area contributed by atoms with Crippen LogP contribution < -0.4 is 5.32 Å². The lowest BCUT2D eigenvalue weighted by Gasteiger charge is -2.09. The molecule has 0 aliphatic rings. The summed E-state index contributed by atoms with van der Waals surface area (Å²) in [6.07, 6.45) is 1.39. The summed E-state index contributed by atoms with van der Waals surface area (Å²) >= 11 is 0. The Morgan fingerprint density at radius 2 is 2.16 bits per heavy atom. The maximum Gasteiger partial charge on any atom is 0.224 e. The van der Waals surface area contributed by atoms with Crippen LogP contribution in [0.1, 0.15) is 25.3 Å². The second-order valence-corrected chi connectivity index (χ2v) is 4.67. The highest BCUT2D eigenvalue weighted by molar-refractivity contribution is 5.78. The van der Waals surface area contributed by atoms with Crippen molar-refractivity contribution in [3.05, 3.63) is 35.4 Å². The number of aliphatic hydroxyl groups excluding tert-OH is 1. The zero-order valence-electron chi connectivity index (χ0n) is 11.0. The Morgan fingerprint density at radius 1 is 1.42 bits per heavy atom. The molecule has 0 fully saturated rings. The second-order valence-electron chi connectivity index (χ2n) is 4.67. The van der Waals surface area contributed by atoms with E-state index in [1.165, 1.54) is 12.1 Å². The molecule has 0 spiro atoms. The Balaban J connectivity index is 2.33. The summed E-state index contributed by atoms with van der Waals surface area (Å²) in [5.41, 5.74) is 0.0567. The van der Waals surface area contributed by atoms with E-state index in [1.54, 1.807) is 0 Å². The summed E-state index contributed by atoms with van der Waals surface area (Å²) in [6, 6.07) is 3.79. The molecule has 0 heterocycles. The Hall–Kier alpha value is -1.49. The molecule has 19 heavy (non-hydrogen) atoms. The third-order valence-electron chi connectivity index (χ3n) is 2.89. The first-order valence-electron chi connectivity index (χ1n) is 6.35. The molecular formula is C14H19F2NO2. The van der Waals surface area contributed by atoms with Crippen LogP contribution in [-0.2, 0) is 11.2 Å². The first kappa shape index (κ1) is 15.6. The lowest BCUT2D eigenvalue weighted by Crippen LogP contribution is -2.27. The second kappa shape index (κ2) is 7.84. The van der Waals surface area contributed by atoms with Crippen LogP contribution in [0.15, 0.2) is 18.2 Å². The summed E-state index contributed by atoms with van der Waals surface area (Å²) in [7, 11) is 0. The normalized spacial score (nSPS) is 12.2. The average molecular weight is 271 g/mol. The quantitative estimate of drug-likeness (QED) is 0.746. The minimum absolute atomic E-state index is 0.0567. The summed E-state index contributed by atoms with van der Waals surface area (Å²) in [6.45, 7) is 2.52. The highest BCUT2D eigenvalue weighted by Crippen LogP contribution is 2.11. The monoisotopic (exact) mass is 271 g/mol. The Kier molecular flexibility index (Phi) is 6.42. The van der Waals surface area contributed by atoms with Gasteiger partial charge in [-0.15, -0.1) is 0 Å². The molecule has 2 N–H and O–H groups in total. The van der Waals surface area contributed by atoms with Gasteiger partial charge in [0.1, 0.15) is 0 Å². The van der Waals surface area contributed by atoms with Gasteiger partial charge in [0.2, 0.25) is 5.91 Å². The van der Waals surface area contributed by atoms with Crippen molar-refractivity contribution in [1.29, 1.82) is 0 Å². The van der Waals surface area contributed by atoms with E-state index in [9.17, 15) is 13.6 Å². The molecule has 1 unspecified atom stereocenters. The Bertz CT molecular complexity index is 424. The summed E-state index contributed by atoms with van der Waals surface area (Å²) in [5, 5.41) is 11.5. The minimum atomic E-state index is -0.966. The van der Waals surface area contributed by atoms with Crippen LogP contribution in [0.4, 0.5) is 8.78 Å². The first-order valence-corrected chi connectivity index (χ1v) is 6.35. The van der Waals surface area contributed by atoms with Gasteiger partial charge in [-0.25, -0.2) is 8.78 Å². The molecule has 5 heteroatoms. The van der Waals surface area contributed by atoms with E-state index < -0.39 is 11.6 Å². The van der Waals surface area contributed by atoms with Gasteiger partial charge in [0.05, 0.1) is 6.42 Å².